The van der Waals surface area contributed by atoms with Gasteiger partial charge < -0.3 is 42.9 Å². The molecule has 0 aliphatic heterocycles. The fraction of sp³-hybridized carbons (Fsp3) is 0.667. The van der Waals surface area contributed by atoms with Crippen molar-refractivity contribution in [3.8, 4) is 0 Å². The number of nitrogens with one attached hydrogen (secondary N) is 4. The van der Waals surface area contributed by atoms with Crippen molar-refractivity contribution < 1.29 is 43.8 Å². The molecule has 0 aromatic rings. The number of nitrogens with two attached hydrogens (primary N) is 2. The van der Waals surface area contributed by atoms with Crippen LogP contribution < -0.4 is 32.7 Å². The number of rotatable bonds is 16. The highest BCUT2D eigenvalue weighted by Gasteiger charge is 2.32. The standard InChI is InChI=1S/C21H36N6O9/c1-9(2)16(23)20(35)26-12(7-14(29)30)19(34)25-11(5-6-13(22)28)18(33)27-17(10(3)4)21(36)24-8-15(31)32/h9-12,16-17H,5-8,23H2,1-4H3,(H2,22,28)(H,24,36)(H,25,34)(H,26,35)(H,27,33)(H,29,30)(H,31,32)/t11-,12-,16-,17-/m0/s1. The van der Waals surface area contributed by atoms with E-state index < -0.39 is 84.5 Å². The summed E-state index contributed by atoms with van der Waals surface area (Å²) in [6, 6.07) is -5.25. The first-order valence-corrected chi connectivity index (χ1v) is 11.2. The summed E-state index contributed by atoms with van der Waals surface area (Å²) in [6.07, 6.45) is -1.46. The molecule has 4 atom stereocenters. The van der Waals surface area contributed by atoms with Gasteiger partial charge in [0, 0.05) is 6.42 Å². The Hall–Kier alpha value is -3.75. The number of amides is 5. The zero-order valence-electron chi connectivity index (χ0n) is 20.7. The minimum atomic E-state index is -1.59. The van der Waals surface area contributed by atoms with Crippen molar-refractivity contribution in [2.24, 2.45) is 23.3 Å². The summed E-state index contributed by atoms with van der Waals surface area (Å²) in [6.45, 7) is 5.78. The first kappa shape index (κ1) is 32.2. The second-order valence-corrected chi connectivity index (χ2v) is 8.84. The molecule has 0 aromatic carbocycles. The number of carboxylic acid groups (broad SMARTS) is 2. The van der Waals surface area contributed by atoms with Gasteiger partial charge in [0.1, 0.15) is 24.7 Å². The fourth-order valence-corrected chi connectivity index (χ4v) is 2.84. The van der Waals surface area contributed by atoms with Crippen LogP contribution in [0.3, 0.4) is 0 Å². The molecule has 0 fully saturated rings. The number of carbonyl (C=O) groups excluding carboxylic acids is 5. The van der Waals surface area contributed by atoms with E-state index in [1.165, 1.54) is 0 Å². The smallest absolute Gasteiger partial charge is 0.322 e. The maximum absolute atomic E-state index is 12.9. The Kier molecular flexibility index (Phi) is 13.7. The van der Waals surface area contributed by atoms with E-state index in [1.54, 1.807) is 27.7 Å². The molecule has 0 aliphatic carbocycles. The zero-order chi connectivity index (χ0) is 28.2. The average molecular weight is 517 g/mol. The molecule has 10 N–H and O–H groups in total. The lowest BCUT2D eigenvalue weighted by molar-refractivity contribution is -0.141. The molecule has 0 spiro atoms. The molecule has 15 heteroatoms. The van der Waals surface area contributed by atoms with E-state index in [0.717, 1.165) is 0 Å². The van der Waals surface area contributed by atoms with Gasteiger partial charge in [0.25, 0.3) is 0 Å². The van der Waals surface area contributed by atoms with Gasteiger partial charge in [-0.2, -0.15) is 0 Å². The lowest BCUT2D eigenvalue weighted by atomic mass is 10.0. The highest BCUT2D eigenvalue weighted by atomic mass is 16.4. The van der Waals surface area contributed by atoms with E-state index in [0.29, 0.717) is 0 Å². The van der Waals surface area contributed by atoms with Gasteiger partial charge >= 0.3 is 11.9 Å². The van der Waals surface area contributed by atoms with Gasteiger partial charge in [-0.05, 0) is 18.3 Å². The Morgan fingerprint density at radius 2 is 1.25 bits per heavy atom. The Labute approximate surface area is 208 Å². The van der Waals surface area contributed by atoms with Crippen LogP contribution in [0.5, 0.6) is 0 Å². The molecule has 0 aliphatic rings. The zero-order valence-corrected chi connectivity index (χ0v) is 20.7. The van der Waals surface area contributed by atoms with Crippen molar-refractivity contribution in [1.82, 2.24) is 21.3 Å². The SMILES string of the molecule is CC(C)[C@H](N)C(=O)N[C@@H](CC(=O)O)C(=O)N[C@@H](CCC(N)=O)C(=O)N[C@H](C(=O)NCC(=O)O)C(C)C. The fourth-order valence-electron chi connectivity index (χ4n) is 2.84. The van der Waals surface area contributed by atoms with E-state index >= 15 is 0 Å². The Balaban J connectivity index is 5.72. The second kappa shape index (κ2) is 15.3. The molecule has 0 aromatic heterocycles. The third-order valence-corrected chi connectivity index (χ3v) is 5.01. The number of carboxylic acids is 2. The van der Waals surface area contributed by atoms with Gasteiger partial charge in [0.2, 0.25) is 29.5 Å². The average Bonchev–Trinajstić information content (AvgIpc) is 2.76. The van der Waals surface area contributed by atoms with Crippen molar-refractivity contribution in [2.45, 2.75) is 71.1 Å². The number of primary amides is 1. The molecule has 0 rings (SSSR count). The summed E-state index contributed by atoms with van der Waals surface area (Å²) in [5.74, 6) is -7.83. The summed E-state index contributed by atoms with van der Waals surface area (Å²) < 4.78 is 0. The first-order valence-electron chi connectivity index (χ1n) is 11.2. The highest BCUT2D eigenvalue weighted by Crippen LogP contribution is 2.07. The van der Waals surface area contributed by atoms with Crippen molar-refractivity contribution in [2.75, 3.05) is 6.54 Å². The van der Waals surface area contributed by atoms with Crippen LogP contribution in [0.2, 0.25) is 0 Å². The van der Waals surface area contributed by atoms with Gasteiger partial charge in [0.05, 0.1) is 12.5 Å². The number of hydrogen-bond acceptors (Lipinski definition) is 8. The number of carbonyl (C=O) groups is 7. The molecular weight excluding hydrogens is 480 g/mol. The highest BCUT2D eigenvalue weighted by molar-refractivity contribution is 5.96. The summed E-state index contributed by atoms with van der Waals surface area (Å²) >= 11 is 0. The van der Waals surface area contributed by atoms with Gasteiger partial charge in [-0.25, -0.2) is 0 Å². The predicted octanol–water partition coefficient (Wildman–Crippen LogP) is -2.98. The molecule has 0 bridgehead atoms. The normalized spacial score (nSPS) is 14.2. The largest absolute Gasteiger partial charge is 0.481 e. The molecular formula is C21H36N6O9. The van der Waals surface area contributed by atoms with Crippen LogP contribution in [-0.4, -0.2) is 82.4 Å². The third-order valence-electron chi connectivity index (χ3n) is 5.01. The Bertz CT molecular complexity index is 846. The summed E-state index contributed by atoms with van der Waals surface area (Å²) in [4.78, 5) is 83.6. The second-order valence-electron chi connectivity index (χ2n) is 8.84. The van der Waals surface area contributed by atoms with E-state index in [2.05, 4.69) is 21.3 Å². The maximum Gasteiger partial charge on any atom is 0.322 e. The molecule has 0 saturated carbocycles. The van der Waals surface area contributed by atoms with Crippen molar-refractivity contribution in [3.05, 3.63) is 0 Å². The molecule has 15 nitrogen and oxygen atoms in total. The lowest BCUT2D eigenvalue weighted by Crippen LogP contribution is -2.59. The third kappa shape index (κ3) is 12.1. The van der Waals surface area contributed by atoms with E-state index in [4.69, 9.17) is 21.7 Å². The first-order chi connectivity index (χ1) is 16.6. The van der Waals surface area contributed by atoms with Crippen LogP contribution in [0.1, 0.15) is 47.0 Å². The van der Waals surface area contributed by atoms with Gasteiger partial charge in [-0.3, -0.25) is 33.6 Å². The Morgan fingerprint density at radius 3 is 1.69 bits per heavy atom. The maximum atomic E-state index is 12.9. The summed E-state index contributed by atoms with van der Waals surface area (Å²) in [5, 5.41) is 26.9. The van der Waals surface area contributed by atoms with Crippen LogP contribution >= 0.6 is 0 Å². The van der Waals surface area contributed by atoms with Crippen LogP contribution in [0.25, 0.3) is 0 Å². The predicted molar refractivity (Wildman–Crippen MR) is 125 cm³/mol. The van der Waals surface area contributed by atoms with Gasteiger partial charge in [0.15, 0.2) is 0 Å². The molecule has 0 unspecified atom stereocenters. The van der Waals surface area contributed by atoms with Gasteiger partial charge in [-0.15, -0.1) is 0 Å². The van der Waals surface area contributed by atoms with Crippen molar-refractivity contribution in [1.29, 1.82) is 0 Å². The van der Waals surface area contributed by atoms with E-state index in [-0.39, 0.29) is 18.8 Å². The molecule has 204 valence electrons. The molecule has 0 radical (unpaired) electrons. The number of aliphatic carboxylic acids is 2. The lowest BCUT2D eigenvalue weighted by Gasteiger charge is -2.26. The van der Waals surface area contributed by atoms with Crippen molar-refractivity contribution >= 4 is 41.5 Å². The molecule has 0 saturated heterocycles. The Morgan fingerprint density at radius 1 is 0.722 bits per heavy atom. The molecule has 0 heterocycles. The molecule has 5 amide bonds. The van der Waals surface area contributed by atoms with Crippen LogP contribution in [0, 0.1) is 11.8 Å². The van der Waals surface area contributed by atoms with E-state index in [1.807, 2.05) is 0 Å². The topological polar surface area (TPSA) is 260 Å². The minimum absolute atomic E-state index is 0.298. The van der Waals surface area contributed by atoms with Crippen LogP contribution in [0.4, 0.5) is 0 Å². The molecule has 36 heavy (non-hydrogen) atoms. The monoisotopic (exact) mass is 516 g/mol. The van der Waals surface area contributed by atoms with E-state index in [9.17, 15) is 33.6 Å². The van der Waals surface area contributed by atoms with Crippen LogP contribution in [-0.2, 0) is 33.6 Å². The summed E-state index contributed by atoms with van der Waals surface area (Å²) in [7, 11) is 0. The number of hydrogen-bond donors (Lipinski definition) is 8. The summed E-state index contributed by atoms with van der Waals surface area (Å²) in [5.41, 5.74) is 10.9. The van der Waals surface area contributed by atoms with Gasteiger partial charge in [-0.1, -0.05) is 27.7 Å². The van der Waals surface area contributed by atoms with Crippen LogP contribution in [0.15, 0.2) is 0 Å². The van der Waals surface area contributed by atoms with Crippen molar-refractivity contribution in [3.63, 3.8) is 0 Å². The quantitative estimate of drug-likeness (QED) is 0.103. The minimum Gasteiger partial charge on any atom is -0.481 e.